The predicted octanol–water partition coefficient (Wildman–Crippen LogP) is 4.96. The highest BCUT2D eigenvalue weighted by molar-refractivity contribution is 6.09. The molecule has 3 rings (SSSR count). The molecule has 0 heterocycles. The SMILES string of the molecule is CCOc1ccc(NC(=O)COc2ccc(/C=C(\C#N)C(=O)Nc3cccc(C)c3)cc2)cc1. The molecule has 2 amide bonds. The summed E-state index contributed by atoms with van der Waals surface area (Å²) in [5, 5.41) is 14.9. The van der Waals surface area contributed by atoms with Gasteiger partial charge in [0, 0.05) is 11.4 Å². The van der Waals surface area contributed by atoms with Crippen LogP contribution in [0.5, 0.6) is 11.5 Å². The Morgan fingerprint density at radius 2 is 1.59 bits per heavy atom. The smallest absolute Gasteiger partial charge is 0.266 e. The minimum Gasteiger partial charge on any atom is -0.494 e. The van der Waals surface area contributed by atoms with Crippen LogP contribution < -0.4 is 20.1 Å². The number of anilines is 2. The van der Waals surface area contributed by atoms with Crippen LogP contribution in [-0.2, 0) is 9.59 Å². The lowest BCUT2D eigenvalue weighted by Crippen LogP contribution is -2.20. The molecule has 3 aromatic rings. The zero-order chi connectivity index (χ0) is 24.3. The summed E-state index contributed by atoms with van der Waals surface area (Å²) in [7, 11) is 0. The van der Waals surface area contributed by atoms with E-state index >= 15 is 0 Å². The van der Waals surface area contributed by atoms with Gasteiger partial charge in [0.15, 0.2) is 6.61 Å². The highest BCUT2D eigenvalue weighted by Gasteiger charge is 2.10. The molecule has 0 aliphatic carbocycles. The van der Waals surface area contributed by atoms with Crippen LogP contribution in [0.25, 0.3) is 6.08 Å². The van der Waals surface area contributed by atoms with Crippen molar-refractivity contribution >= 4 is 29.3 Å². The number of carbonyl (C=O) groups excluding carboxylic acids is 2. The topological polar surface area (TPSA) is 100 Å². The van der Waals surface area contributed by atoms with Crippen molar-refractivity contribution in [3.8, 4) is 17.6 Å². The van der Waals surface area contributed by atoms with E-state index in [2.05, 4.69) is 10.6 Å². The second-order valence-corrected chi connectivity index (χ2v) is 7.36. The number of nitrogens with zero attached hydrogens (tertiary/aromatic N) is 1. The van der Waals surface area contributed by atoms with E-state index in [-0.39, 0.29) is 18.1 Å². The minimum atomic E-state index is -0.487. The molecule has 0 aliphatic rings. The molecule has 34 heavy (non-hydrogen) atoms. The Bertz CT molecular complexity index is 1210. The number of nitrogens with one attached hydrogen (secondary N) is 2. The molecule has 7 heteroatoms. The molecular weight excluding hydrogens is 430 g/mol. The molecule has 2 N–H and O–H groups in total. The van der Waals surface area contributed by atoms with E-state index in [0.29, 0.717) is 29.3 Å². The molecule has 0 atom stereocenters. The molecule has 0 saturated heterocycles. The summed E-state index contributed by atoms with van der Waals surface area (Å²) in [5.74, 6) is 0.437. The number of aryl methyl sites for hydroxylation is 1. The fourth-order valence-electron chi connectivity index (χ4n) is 3.04. The van der Waals surface area contributed by atoms with Crippen LogP contribution >= 0.6 is 0 Å². The molecule has 0 radical (unpaired) electrons. The fourth-order valence-corrected chi connectivity index (χ4v) is 3.04. The molecule has 0 fully saturated rings. The summed E-state index contributed by atoms with van der Waals surface area (Å²) >= 11 is 0. The summed E-state index contributed by atoms with van der Waals surface area (Å²) in [5.41, 5.74) is 2.90. The third kappa shape index (κ3) is 7.24. The van der Waals surface area contributed by atoms with Gasteiger partial charge in [-0.1, -0.05) is 24.3 Å². The molecule has 172 valence electrons. The van der Waals surface area contributed by atoms with Crippen molar-refractivity contribution in [2.75, 3.05) is 23.8 Å². The summed E-state index contributed by atoms with van der Waals surface area (Å²) < 4.78 is 10.9. The van der Waals surface area contributed by atoms with Crippen molar-refractivity contribution in [3.05, 3.63) is 89.5 Å². The standard InChI is InChI=1S/C27H25N3O4/c1-3-33-24-13-9-22(10-14-24)29-26(31)18-34-25-11-7-20(8-12-25)16-21(17-28)27(32)30-23-6-4-5-19(2)15-23/h4-16H,3,18H2,1-2H3,(H,29,31)(H,30,32)/b21-16+. The van der Waals surface area contributed by atoms with Crippen LogP contribution in [0.15, 0.2) is 78.4 Å². The van der Waals surface area contributed by atoms with E-state index in [4.69, 9.17) is 9.47 Å². The lowest BCUT2D eigenvalue weighted by atomic mass is 10.1. The zero-order valence-corrected chi connectivity index (χ0v) is 19.0. The molecule has 0 aliphatic heterocycles. The van der Waals surface area contributed by atoms with Crippen LogP contribution in [0.4, 0.5) is 11.4 Å². The number of hydrogen-bond donors (Lipinski definition) is 2. The number of benzene rings is 3. The van der Waals surface area contributed by atoms with Gasteiger partial charge < -0.3 is 20.1 Å². The molecular formula is C27H25N3O4. The van der Waals surface area contributed by atoms with Gasteiger partial charge in [0.25, 0.3) is 11.8 Å². The molecule has 3 aromatic carbocycles. The van der Waals surface area contributed by atoms with E-state index in [0.717, 1.165) is 11.3 Å². The molecule has 0 saturated carbocycles. The van der Waals surface area contributed by atoms with Gasteiger partial charge in [-0.15, -0.1) is 0 Å². The van der Waals surface area contributed by atoms with Crippen molar-refractivity contribution in [2.45, 2.75) is 13.8 Å². The van der Waals surface area contributed by atoms with Crippen LogP contribution in [0, 0.1) is 18.3 Å². The van der Waals surface area contributed by atoms with Crippen LogP contribution in [0.3, 0.4) is 0 Å². The number of carbonyl (C=O) groups is 2. The second-order valence-electron chi connectivity index (χ2n) is 7.36. The highest BCUT2D eigenvalue weighted by atomic mass is 16.5. The quantitative estimate of drug-likeness (QED) is 0.351. The molecule has 7 nitrogen and oxygen atoms in total. The number of hydrogen-bond acceptors (Lipinski definition) is 5. The Kier molecular flexibility index (Phi) is 8.42. The van der Waals surface area contributed by atoms with Crippen molar-refractivity contribution in [2.24, 2.45) is 0 Å². The average molecular weight is 456 g/mol. The number of ether oxygens (including phenoxy) is 2. The zero-order valence-electron chi connectivity index (χ0n) is 19.0. The van der Waals surface area contributed by atoms with E-state index in [1.54, 1.807) is 54.6 Å². The molecule has 0 spiro atoms. The first-order valence-electron chi connectivity index (χ1n) is 10.7. The van der Waals surface area contributed by atoms with Gasteiger partial charge in [0.1, 0.15) is 23.1 Å². The predicted molar refractivity (Wildman–Crippen MR) is 132 cm³/mol. The van der Waals surface area contributed by atoms with Crippen molar-refractivity contribution in [1.82, 2.24) is 0 Å². The Balaban J connectivity index is 1.54. The maximum atomic E-state index is 12.4. The summed E-state index contributed by atoms with van der Waals surface area (Å²) in [4.78, 5) is 24.6. The number of amides is 2. The number of nitriles is 1. The van der Waals surface area contributed by atoms with Crippen LogP contribution in [0.2, 0.25) is 0 Å². The first-order valence-corrected chi connectivity index (χ1v) is 10.7. The third-order valence-corrected chi connectivity index (χ3v) is 4.65. The van der Waals surface area contributed by atoms with E-state index in [9.17, 15) is 14.9 Å². The Labute approximate surface area is 198 Å². The van der Waals surface area contributed by atoms with Crippen LogP contribution in [-0.4, -0.2) is 25.0 Å². The van der Waals surface area contributed by atoms with Gasteiger partial charge in [0.05, 0.1) is 6.61 Å². The first kappa shape index (κ1) is 24.1. The maximum Gasteiger partial charge on any atom is 0.266 e. The van der Waals surface area contributed by atoms with Gasteiger partial charge in [-0.25, -0.2) is 0 Å². The lowest BCUT2D eigenvalue weighted by Gasteiger charge is -2.09. The Morgan fingerprint density at radius 3 is 2.24 bits per heavy atom. The summed E-state index contributed by atoms with van der Waals surface area (Å²) in [6, 6.07) is 23.1. The molecule has 0 unspecified atom stereocenters. The van der Waals surface area contributed by atoms with E-state index in [1.807, 2.05) is 38.1 Å². The Hall–Kier alpha value is -4.57. The normalized spacial score (nSPS) is 10.7. The third-order valence-electron chi connectivity index (χ3n) is 4.65. The minimum absolute atomic E-state index is 0.0232. The summed E-state index contributed by atoms with van der Waals surface area (Å²) in [6.45, 7) is 4.24. The Morgan fingerprint density at radius 1 is 0.912 bits per heavy atom. The van der Waals surface area contributed by atoms with Gasteiger partial charge in [-0.3, -0.25) is 9.59 Å². The van der Waals surface area contributed by atoms with Gasteiger partial charge in [0.2, 0.25) is 0 Å². The van der Waals surface area contributed by atoms with E-state index in [1.165, 1.54) is 6.08 Å². The summed E-state index contributed by atoms with van der Waals surface area (Å²) in [6.07, 6.45) is 1.49. The fraction of sp³-hybridized carbons (Fsp3) is 0.148. The molecule has 0 bridgehead atoms. The maximum absolute atomic E-state index is 12.4. The molecule has 0 aromatic heterocycles. The van der Waals surface area contributed by atoms with Crippen molar-refractivity contribution in [3.63, 3.8) is 0 Å². The van der Waals surface area contributed by atoms with Crippen LogP contribution in [0.1, 0.15) is 18.1 Å². The second kappa shape index (κ2) is 11.9. The van der Waals surface area contributed by atoms with Crippen molar-refractivity contribution < 1.29 is 19.1 Å². The monoisotopic (exact) mass is 455 g/mol. The first-order chi connectivity index (χ1) is 16.5. The van der Waals surface area contributed by atoms with E-state index < -0.39 is 5.91 Å². The van der Waals surface area contributed by atoms with Gasteiger partial charge in [-0.2, -0.15) is 5.26 Å². The highest BCUT2D eigenvalue weighted by Crippen LogP contribution is 2.18. The largest absolute Gasteiger partial charge is 0.494 e. The number of rotatable bonds is 9. The lowest BCUT2D eigenvalue weighted by molar-refractivity contribution is -0.118. The average Bonchev–Trinajstić information content (AvgIpc) is 2.83. The van der Waals surface area contributed by atoms with Gasteiger partial charge in [-0.05, 0) is 79.6 Å². The van der Waals surface area contributed by atoms with Crippen molar-refractivity contribution in [1.29, 1.82) is 5.26 Å². The van der Waals surface area contributed by atoms with Gasteiger partial charge >= 0.3 is 0 Å².